The van der Waals surface area contributed by atoms with Gasteiger partial charge in [0.2, 0.25) is 0 Å². The number of ether oxygens (including phenoxy) is 1. The van der Waals surface area contributed by atoms with Crippen LogP contribution in [-0.4, -0.2) is 35.0 Å². The van der Waals surface area contributed by atoms with Crippen molar-refractivity contribution in [3.05, 3.63) is 95.0 Å². The molecule has 0 saturated heterocycles. The molecule has 3 rings (SSSR count). The maximum Gasteiger partial charge on any atom is 0.267 e. The van der Waals surface area contributed by atoms with E-state index in [-0.39, 0.29) is 30.1 Å². The molecule has 3 aromatic rings. The molecule has 0 bridgehead atoms. The molecular weight excluding hydrogens is 499 g/mol. The molecule has 0 radical (unpaired) electrons. The number of rotatable bonds is 11. The van der Waals surface area contributed by atoms with Crippen LogP contribution < -0.4 is 27.8 Å². The van der Waals surface area contributed by atoms with E-state index in [0.717, 1.165) is 5.56 Å². The number of aliphatic hydroxyl groups excluding tert-OH is 1. The predicted octanol–water partition coefficient (Wildman–Crippen LogP) is 1.40. The highest BCUT2D eigenvalue weighted by molar-refractivity contribution is 6.30. The summed E-state index contributed by atoms with van der Waals surface area (Å²) < 4.78 is 5.83. The van der Waals surface area contributed by atoms with Crippen LogP contribution in [0.5, 0.6) is 5.75 Å². The van der Waals surface area contributed by atoms with Crippen molar-refractivity contribution in [2.75, 3.05) is 11.9 Å². The Labute approximate surface area is 223 Å². The zero-order valence-corrected chi connectivity index (χ0v) is 22.1. The lowest BCUT2D eigenvalue weighted by Crippen LogP contribution is -3.00. The highest BCUT2D eigenvalue weighted by Gasteiger charge is 2.30. The number of hydrogen-bond donors (Lipinski definition) is 3. The van der Waals surface area contributed by atoms with Crippen LogP contribution in [0.4, 0.5) is 5.69 Å². The molecule has 3 aromatic carbocycles. The Kier molecular flexibility index (Phi) is 10.9. The van der Waals surface area contributed by atoms with Gasteiger partial charge in [0.05, 0.1) is 13.0 Å². The molecule has 36 heavy (non-hydrogen) atoms. The highest BCUT2D eigenvalue weighted by atomic mass is 35.5. The van der Waals surface area contributed by atoms with Gasteiger partial charge in [-0.05, 0) is 62.7 Å². The van der Waals surface area contributed by atoms with Gasteiger partial charge in [-0.3, -0.25) is 9.59 Å². The molecule has 2 unspecified atom stereocenters. The third kappa shape index (κ3) is 8.35. The number of Topliss-reactive ketones (excluding diaryl/α,β-unsaturated/α-hetero) is 1. The molecule has 2 atom stereocenters. The summed E-state index contributed by atoms with van der Waals surface area (Å²) >= 11 is 5.90. The molecule has 0 saturated carbocycles. The van der Waals surface area contributed by atoms with Gasteiger partial charge in [0, 0.05) is 16.3 Å². The Morgan fingerprint density at radius 2 is 1.69 bits per heavy atom. The summed E-state index contributed by atoms with van der Waals surface area (Å²) in [6.07, 6.45) is -0.294. The van der Waals surface area contributed by atoms with Crippen molar-refractivity contribution >= 4 is 29.0 Å². The molecule has 192 valence electrons. The number of aliphatic hydroxyl groups is 1. The molecule has 0 heterocycles. The molecule has 1 amide bonds. The maximum atomic E-state index is 12.8. The average Bonchev–Trinajstić information content (AvgIpc) is 2.85. The smallest absolute Gasteiger partial charge is 0.267 e. The first-order valence-corrected chi connectivity index (χ1v) is 12.0. The minimum atomic E-state index is -1.14. The second-order valence-corrected chi connectivity index (χ2v) is 9.45. The van der Waals surface area contributed by atoms with Crippen LogP contribution in [0.3, 0.4) is 0 Å². The Balaban J connectivity index is 0.00000456. The topological polar surface area (TPSA) is 92.2 Å². The fourth-order valence-electron chi connectivity index (χ4n) is 3.60. The standard InChI is InChI=1S/C28H31ClN2O4.ClH/c1-19(26(33)20-8-5-4-6-9-20)30-17-16-25(32)21-10-7-11-23(18-21)31-27(34)28(2,3)35-24-14-12-22(29)13-15-24;/h4-15,18-19,26,30,33H,16-17H2,1-3H3,(H,31,34);1H. The van der Waals surface area contributed by atoms with Gasteiger partial charge in [-0.15, -0.1) is 0 Å². The van der Waals surface area contributed by atoms with Crippen molar-refractivity contribution in [2.45, 2.75) is 44.9 Å². The fraction of sp³-hybridized carbons (Fsp3) is 0.286. The molecule has 8 heteroatoms. The lowest BCUT2D eigenvalue weighted by molar-refractivity contribution is -0.693. The number of carbonyl (C=O) groups excluding carboxylic acids is 2. The van der Waals surface area contributed by atoms with E-state index in [1.54, 1.807) is 62.4 Å². The van der Waals surface area contributed by atoms with Gasteiger partial charge in [-0.25, -0.2) is 0 Å². The molecule has 0 fully saturated rings. The SMILES string of the molecule is CC([NH2+]CCC(=O)c1cccc(NC(=O)C(C)(C)Oc2ccc(Cl)cc2)c1)C(O)c1ccccc1.[Cl-]. The van der Waals surface area contributed by atoms with Crippen LogP contribution in [0.25, 0.3) is 0 Å². The second kappa shape index (κ2) is 13.4. The molecule has 0 aliphatic rings. The maximum absolute atomic E-state index is 12.8. The zero-order valence-electron chi connectivity index (χ0n) is 20.6. The summed E-state index contributed by atoms with van der Waals surface area (Å²) in [4.78, 5) is 25.6. The van der Waals surface area contributed by atoms with E-state index < -0.39 is 11.7 Å². The van der Waals surface area contributed by atoms with Gasteiger partial charge >= 0.3 is 0 Å². The number of carbonyl (C=O) groups is 2. The first kappa shape index (κ1) is 29.3. The normalized spacial score (nSPS) is 12.7. The van der Waals surface area contributed by atoms with Gasteiger partial charge in [-0.1, -0.05) is 54.1 Å². The lowest BCUT2D eigenvalue weighted by atomic mass is 10.0. The van der Waals surface area contributed by atoms with Crippen LogP contribution in [-0.2, 0) is 4.79 Å². The van der Waals surface area contributed by atoms with Gasteiger partial charge in [0.25, 0.3) is 5.91 Å². The van der Waals surface area contributed by atoms with Crippen molar-refractivity contribution in [1.82, 2.24) is 0 Å². The van der Waals surface area contributed by atoms with Crippen molar-refractivity contribution in [1.29, 1.82) is 0 Å². The molecule has 4 N–H and O–H groups in total. The van der Waals surface area contributed by atoms with Crippen molar-refractivity contribution in [2.24, 2.45) is 0 Å². The van der Waals surface area contributed by atoms with E-state index in [1.807, 2.05) is 42.6 Å². The van der Waals surface area contributed by atoms with Crippen LogP contribution in [0, 0.1) is 0 Å². The Hall–Kier alpha value is -2.90. The van der Waals surface area contributed by atoms with Gasteiger partial charge in [0.15, 0.2) is 11.4 Å². The van der Waals surface area contributed by atoms with Crippen LogP contribution in [0.2, 0.25) is 5.02 Å². The minimum absolute atomic E-state index is 0. The van der Waals surface area contributed by atoms with E-state index in [1.165, 1.54) is 0 Å². The first-order valence-electron chi connectivity index (χ1n) is 11.6. The number of ketones is 1. The average molecular weight is 531 g/mol. The van der Waals surface area contributed by atoms with Crippen molar-refractivity contribution < 1.29 is 37.2 Å². The van der Waals surface area contributed by atoms with E-state index in [2.05, 4.69) is 5.32 Å². The summed E-state index contributed by atoms with van der Waals surface area (Å²) in [5, 5.41) is 15.9. The third-order valence-corrected chi connectivity index (χ3v) is 5.98. The summed E-state index contributed by atoms with van der Waals surface area (Å²) in [7, 11) is 0. The number of amides is 1. The molecule has 0 aromatic heterocycles. The van der Waals surface area contributed by atoms with Crippen molar-refractivity contribution in [3.63, 3.8) is 0 Å². The third-order valence-electron chi connectivity index (χ3n) is 5.72. The van der Waals surface area contributed by atoms with Crippen LogP contribution in [0.15, 0.2) is 78.9 Å². The summed E-state index contributed by atoms with van der Waals surface area (Å²) in [6.45, 7) is 5.83. The molecular formula is C28H32Cl2N2O4. The minimum Gasteiger partial charge on any atom is -1.00 e. The largest absolute Gasteiger partial charge is 1.00 e. The zero-order chi connectivity index (χ0) is 25.4. The number of benzene rings is 3. The molecule has 0 aliphatic heterocycles. The Morgan fingerprint density at radius 1 is 1.03 bits per heavy atom. The lowest BCUT2D eigenvalue weighted by Gasteiger charge is -2.25. The highest BCUT2D eigenvalue weighted by Crippen LogP contribution is 2.22. The second-order valence-electron chi connectivity index (χ2n) is 9.01. The fourth-order valence-corrected chi connectivity index (χ4v) is 3.73. The molecule has 6 nitrogen and oxygen atoms in total. The van der Waals surface area contributed by atoms with E-state index in [4.69, 9.17) is 16.3 Å². The first-order chi connectivity index (χ1) is 16.7. The quantitative estimate of drug-likeness (QED) is 0.327. The number of anilines is 1. The monoisotopic (exact) mass is 530 g/mol. The Bertz CT molecular complexity index is 1140. The number of halogens is 2. The van der Waals surface area contributed by atoms with Crippen molar-refractivity contribution in [3.8, 4) is 5.75 Å². The number of quaternary nitrogens is 1. The molecule has 0 aliphatic carbocycles. The van der Waals surface area contributed by atoms with E-state index >= 15 is 0 Å². The van der Waals surface area contributed by atoms with Gasteiger partial charge in [-0.2, -0.15) is 0 Å². The van der Waals surface area contributed by atoms with Gasteiger partial charge in [0.1, 0.15) is 17.9 Å². The molecule has 0 spiro atoms. The Morgan fingerprint density at radius 3 is 2.36 bits per heavy atom. The summed E-state index contributed by atoms with van der Waals surface area (Å²) in [5.41, 5.74) is 0.752. The van der Waals surface area contributed by atoms with E-state index in [9.17, 15) is 14.7 Å². The van der Waals surface area contributed by atoms with E-state index in [0.29, 0.717) is 35.0 Å². The summed E-state index contributed by atoms with van der Waals surface area (Å²) in [6, 6.07) is 23.1. The number of hydrogen-bond acceptors (Lipinski definition) is 4. The number of nitrogens with two attached hydrogens (primary N) is 1. The van der Waals surface area contributed by atoms with Crippen LogP contribution >= 0.6 is 11.6 Å². The predicted molar refractivity (Wildman–Crippen MR) is 138 cm³/mol. The summed E-state index contributed by atoms with van der Waals surface area (Å²) in [5.74, 6) is 0.158. The van der Waals surface area contributed by atoms with Gasteiger partial charge < -0.3 is 32.9 Å². The number of nitrogens with one attached hydrogen (secondary N) is 1. The van der Waals surface area contributed by atoms with Crippen LogP contribution in [0.1, 0.15) is 49.2 Å².